The van der Waals surface area contributed by atoms with Crippen molar-refractivity contribution < 1.29 is 4.79 Å². The van der Waals surface area contributed by atoms with Gasteiger partial charge in [0, 0.05) is 18.0 Å². The van der Waals surface area contributed by atoms with Gasteiger partial charge in [0.25, 0.3) is 0 Å². The van der Waals surface area contributed by atoms with E-state index in [1.165, 1.54) is 5.56 Å². The molecule has 0 bridgehead atoms. The lowest BCUT2D eigenvalue weighted by atomic mass is 10.1. The summed E-state index contributed by atoms with van der Waals surface area (Å²) in [6, 6.07) is 11.7. The van der Waals surface area contributed by atoms with E-state index in [0.717, 1.165) is 24.0 Å². The molecule has 0 unspecified atom stereocenters. The smallest absolute Gasteiger partial charge is 0.172 e. The van der Waals surface area contributed by atoms with Gasteiger partial charge in [-0.1, -0.05) is 24.3 Å². The van der Waals surface area contributed by atoms with Crippen LogP contribution in [0.25, 0.3) is 16.9 Å². The van der Waals surface area contributed by atoms with Gasteiger partial charge in [-0.05, 0) is 36.2 Å². The first-order valence-corrected chi connectivity index (χ1v) is 6.74. The molecule has 0 atom stereocenters. The highest BCUT2D eigenvalue weighted by molar-refractivity contribution is 5.83. The molecular formula is C16H14N4O. The van der Waals surface area contributed by atoms with E-state index in [-0.39, 0.29) is 0 Å². The molecule has 1 aromatic carbocycles. The Kier molecular flexibility index (Phi) is 3.55. The monoisotopic (exact) mass is 278 g/mol. The minimum atomic E-state index is 0.320. The average Bonchev–Trinajstić information content (AvgIpc) is 2.99. The third-order valence-corrected chi connectivity index (χ3v) is 3.35. The number of hydrogen-bond donors (Lipinski definition) is 0. The number of rotatable bonds is 4. The van der Waals surface area contributed by atoms with E-state index in [1.807, 2.05) is 36.4 Å². The van der Waals surface area contributed by atoms with Crippen LogP contribution in [0.15, 0.2) is 48.8 Å². The highest BCUT2D eigenvalue weighted by atomic mass is 16.1. The largest absolute Gasteiger partial charge is 0.296 e. The lowest BCUT2D eigenvalue weighted by Gasteiger charge is -2.07. The molecule has 0 aliphatic heterocycles. The number of aldehydes is 1. The minimum Gasteiger partial charge on any atom is -0.296 e. The van der Waals surface area contributed by atoms with Crippen molar-refractivity contribution in [2.75, 3.05) is 0 Å². The summed E-state index contributed by atoms with van der Waals surface area (Å²) < 4.78 is 1.68. The molecule has 0 saturated heterocycles. The summed E-state index contributed by atoms with van der Waals surface area (Å²) in [5.74, 6) is 0. The Labute approximate surface area is 122 Å². The van der Waals surface area contributed by atoms with Crippen molar-refractivity contribution in [1.29, 1.82) is 0 Å². The SMILES string of the molecule is CCc1ccc(-n2nnc(C=O)c2-c2ccncc2)cc1. The van der Waals surface area contributed by atoms with Gasteiger partial charge in [0.05, 0.1) is 5.69 Å². The molecule has 21 heavy (non-hydrogen) atoms. The summed E-state index contributed by atoms with van der Waals surface area (Å²) in [6.45, 7) is 2.11. The van der Waals surface area contributed by atoms with E-state index in [4.69, 9.17) is 0 Å². The lowest BCUT2D eigenvalue weighted by molar-refractivity contribution is 0.111. The van der Waals surface area contributed by atoms with Gasteiger partial charge in [0.2, 0.25) is 0 Å². The van der Waals surface area contributed by atoms with E-state index in [1.54, 1.807) is 17.1 Å². The molecule has 0 amide bonds. The molecule has 2 aromatic heterocycles. The van der Waals surface area contributed by atoms with Crippen molar-refractivity contribution in [1.82, 2.24) is 20.0 Å². The molecule has 3 rings (SSSR count). The summed E-state index contributed by atoms with van der Waals surface area (Å²) in [7, 11) is 0. The van der Waals surface area contributed by atoms with Crippen LogP contribution in [0.5, 0.6) is 0 Å². The Hall–Kier alpha value is -2.82. The van der Waals surface area contributed by atoms with Gasteiger partial charge in [0.15, 0.2) is 12.0 Å². The van der Waals surface area contributed by atoms with E-state index in [2.05, 4.69) is 22.2 Å². The summed E-state index contributed by atoms with van der Waals surface area (Å²) in [6.07, 6.45) is 5.07. The van der Waals surface area contributed by atoms with Crippen LogP contribution in [-0.4, -0.2) is 26.3 Å². The van der Waals surface area contributed by atoms with Crippen molar-refractivity contribution in [3.8, 4) is 16.9 Å². The minimum absolute atomic E-state index is 0.320. The molecule has 0 aliphatic rings. The van der Waals surface area contributed by atoms with Crippen molar-refractivity contribution in [3.63, 3.8) is 0 Å². The lowest BCUT2D eigenvalue weighted by Crippen LogP contribution is -2.00. The summed E-state index contributed by atoms with van der Waals surface area (Å²) in [5.41, 5.74) is 3.98. The topological polar surface area (TPSA) is 60.7 Å². The van der Waals surface area contributed by atoms with Crippen LogP contribution in [0.1, 0.15) is 23.0 Å². The zero-order chi connectivity index (χ0) is 14.7. The van der Waals surface area contributed by atoms with E-state index in [0.29, 0.717) is 11.4 Å². The van der Waals surface area contributed by atoms with Crippen LogP contribution >= 0.6 is 0 Å². The highest BCUT2D eigenvalue weighted by Gasteiger charge is 2.15. The number of carbonyl (C=O) groups excluding carboxylic acids is 1. The number of aryl methyl sites for hydroxylation is 1. The van der Waals surface area contributed by atoms with Crippen LogP contribution in [0, 0.1) is 0 Å². The van der Waals surface area contributed by atoms with E-state index >= 15 is 0 Å². The van der Waals surface area contributed by atoms with Crippen molar-refractivity contribution >= 4 is 6.29 Å². The predicted octanol–water partition coefficient (Wildman–Crippen LogP) is 2.70. The number of carbonyl (C=O) groups is 1. The zero-order valence-electron chi connectivity index (χ0n) is 11.6. The molecule has 3 aromatic rings. The first kappa shape index (κ1) is 13.2. The first-order chi connectivity index (χ1) is 10.3. The molecule has 0 aliphatic carbocycles. The normalized spacial score (nSPS) is 10.5. The molecule has 104 valence electrons. The second-order valence-corrected chi connectivity index (χ2v) is 4.61. The molecular weight excluding hydrogens is 264 g/mol. The molecule has 5 nitrogen and oxygen atoms in total. The van der Waals surface area contributed by atoms with Gasteiger partial charge >= 0.3 is 0 Å². The van der Waals surface area contributed by atoms with Crippen LogP contribution in [0.2, 0.25) is 0 Å². The third kappa shape index (κ3) is 2.45. The van der Waals surface area contributed by atoms with Crippen molar-refractivity contribution in [3.05, 3.63) is 60.0 Å². The van der Waals surface area contributed by atoms with Crippen LogP contribution in [-0.2, 0) is 6.42 Å². The third-order valence-electron chi connectivity index (χ3n) is 3.35. The van der Waals surface area contributed by atoms with Gasteiger partial charge in [-0.2, -0.15) is 0 Å². The maximum Gasteiger partial charge on any atom is 0.172 e. The summed E-state index contributed by atoms with van der Waals surface area (Å²) in [4.78, 5) is 15.2. The first-order valence-electron chi connectivity index (χ1n) is 6.74. The number of hydrogen-bond acceptors (Lipinski definition) is 4. The van der Waals surface area contributed by atoms with Gasteiger partial charge < -0.3 is 0 Å². The maximum atomic E-state index is 11.2. The van der Waals surface area contributed by atoms with Crippen LogP contribution in [0.3, 0.4) is 0 Å². The van der Waals surface area contributed by atoms with Crippen molar-refractivity contribution in [2.45, 2.75) is 13.3 Å². The number of nitrogens with zero attached hydrogens (tertiary/aromatic N) is 4. The fourth-order valence-corrected chi connectivity index (χ4v) is 2.21. The van der Waals surface area contributed by atoms with Crippen LogP contribution in [0.4, 0.5) is 0 Å². The standard InChI is InChI=1S/C16H14N4O/c1-2-12-3-5-14(6-4-12)20-16(15(11-21)18-19-20)13-7-9-17-10-8-13/h3-11H,2H2,1H3. The Morgan fingerprint density at radius 3 is 2.43 bits per heavy atom. The second-order valence-electron chi connectivity index (χ2n) is 4.61. The highest BCUT2D eigenvalue weighted by Crippen LogP contribution is 2.24. The Morgan fingerprint density at radius 1 is 1.10 bits per heavy atom. The Bertz CT molecular complexity index is 748. The molecule has 5 heteroatoms. The van der Waals surface area contributed by atoms with Gasteiger partial charge in [0.1, 0.15) is 5.69 Å². The number of benzene rings is 1. The predicted molar refractivity (Wildman–Crippen MR) is 79.4 cm³/mol. The fourth-order valence-electron chi connectivity index (χ4n) is 2.21. The second kappa shape index (κ2) is 5.66. The Morgan fingerprint density at radius 2 is 1.81 bits per heavy atom. The molecule has 0 fully saturated rings. The molecule has 0 radical (unpaired) electrons. The number of pyridine rings is 1. The Balaban J connectivity index is 2.15. The van der Waals surface area contributed by atoms with Gasteiger partial charge in [-0.15, -0.1) is 5.10 Å². The maximum absolute atomic E-state index is 11.2. The van der Waals surface area contributed by atoms with E-state index < -0.39 is 0 Å². The molecule has 2 heterocycles. The van der Waals surface area contributed by atoms with Crippen molar-refractivity contribution in [2.24, 2.45) is 0 Å². The number of aromatic nitrogens is 4. The quantitative estimate of drug-likeness (QED) is 0.688. The molecule has 0 N–H and O–H groups in total. The average molecular weight is 278 g/mol. The molecule has 0 spiro atoms. The van der Waals surface area contributed by atoms with E-state index in [9.17, 15) is 4.79 Å². The summed E-state index contributed by atoms with van der Waals surface area (Å²) in [5, 5.41) is 8.06. The fraction of sp³-hybridized carbons (Fsp3) is 0.125. The molecule has 0 saturated carbocycles. The van der Waals surface area contributed by atoms with Gasteiger partial charge in [-0.3, -0.25) is 9.78 Å². The van der Waals surface area contributed by atoms with Gasteiger partial charge in [-0.25, -0.2) is 4.68 Å². The zero-order valence-corrected chi connectivity index (χ0v) is 11.6. The summed E-state index contributed by atoms with van der Waals surface area (Å²) >= 11 is 0. The van der Waals surface area contributed by atoms with Crippen LogP contribution < -0.4 is 0 Å².